The van der Waals surface area contributed by atoms with Crippen LogP contribution < -0.4 is 15.4 Å². The lowest BCUT2D eigenvalue weighted by molar-refractivity contribution is -0.113. The summed E-state index contributed by atoms with van der Waals surface area (Å²) in [6.07, 6.45) is 0. The topological polar surface area (TPSA) is 91.2 Å². The number of benzene rings is 2. The van der Waals surface area contributed by atoms with E-state index in [1.54, 1.807) is 13.2 Å². The van der Waals surface area contributed by atoms with Gasteiger partial charge in [0.15, 0.2) is 5.78 Å². The van der Waals surface area contributed by atoms with Gasteiger partial charge in [-0.1, -0.05) is 48.2 Å². The number of nitrogens with one attached hydrogen (secondary N) is 2. The molecule has 0 fully saturated rings. The molecule has 182 valence electrons. The first-order valence-corrected chi connectivity index (χ1v) is 13.1. The van der Waals surface area contributed by atoms with E-state index < -0.39 is 5.92 Å². The van der Waals surface area contributed by atoms with Gasteiger partial charge in [0, 0.05) is 17.0 Å². The summed E-state index contributed by atoms with van der Waals surface area (Å²) in [5, 5.41) is 18.9. The molecule has 2 N–H and O–H groups in total. The van der Waals surface area contributed by atoms with Crippen LogP contribution >= 0.6 is 23.1 Å². The van der Waals surface area contributed by atoms with Crippen LogP contribution in [0.3, 0.4) is 0 Å². The van der Waals surface area contributed by atoms with Gasteiger partial charge in [-0.2, -0.15) is 5.26 Å². The van der Waals surface area contributed by atoms with Crippen LogP contribution in [-0.2, 0) is 4.79 Å². The van der Waals surface area contributed by atoms with Crippen LogP contribution in [0.5, 0.6) is 5.75 Å². The number of ketones is 1. The second kappa shape index (κ2) is 11.3. The van der Waals surface area contributed by atoms with Gasteiger partial charge in [-0.05, 0) is 54.6 Å². The van der Waals surface area contributed by atoms with Crippen LogP contribution in [-0.4, -0.2) is 24.6 Å². The Morgan fingerprint density at radius 1 is 1.11 bits per heavy atom. The molecule has 6 nitrogen and oxygen atoms in total. The maximum atomic E-state index is 13.6. The third-order valence-electron chi connectivity index (χ3n) is 5.88. The Bertz CT molecular complexity index is 1380. The average molecular weight is 516 g/mol. The van der Waals surface area contributed by atoms with Gasteiger partial charge >= 0.3 is 0 Å². The van der Waals surface area contributed by atoms with Crippen molar-refractivity contribution < 1.29 is 14.3 Å². The van der Waals surface area contributed by atoms with E-state index >= 15 is 0 Å². The molecule has 0 spiro atoms. The fourth-order valence-electron chi connectivity index (χ4n) is 4.01. The van der Waals surface area contributed by atoms with Crippen molar-refractivity contribution in [2.75, 3.05) is 18.2 Å². The summed E-state index contributed by atoms with van der Waals surface area (Å²) in [5.74, 6) is -0.0428. The molecule has 3 aromatic rings. The molecule has 1 aliphatic rings. The van der Waals surface area contributed by atoms with Gasteiger partial charge in [0.1, 0.15) is 5.75 Å². The van der Waals surface area contributed by atoms with E-state index in [-0.39, 0.29) is 17.4 Å². The highest BCUT2D eigenvalue weighted by Gasteiger charge is 2.35. The number of amides is 1. The van der Waals surface area contributed by atoms with E-state index in [0.717, 1.165) is 11.1 Å². The summed E-state index contributed by atoms with van der Waals surface area (Å²) < 4.78 is 5.30. The molecule has 1 amide bonds. The van der Waals surface area contributed by atoms with E-state index in [0.29, 0.717) is 38.2 Å². The molecular weight excluding hydrogens is 490 g/mol. The summed E-state index contributed by atoms with van der Waals surface area (Å²) in [5.41, 5.74) is 3.91. The lowest BCUT2D eigenvalue weighted by Gasteiger charge is -2.30. The number of hydrogen-bond acceptors (Lipinski definition) is 7. The Kier molecular flexibility index (Phi) is 7.93. The molecule has 1 aromatic heterocycles. The number of ether oxygens (including phenoxy) is 1. The molecule has 2 heterocycles. The number of dihydropyridines is 1. The van der Waals surface area contributed by atoms with Gasteiger partial charge in [-0.25, -0.2) is 0 Å². The second-order valence-electron chi connectivity index (χ2n) is 8.18. The molecule has 1 aliphatic heterocycles. The van der Waals surface area contributed by atoms with Gasteiger partial charge in [-0.15, -0.1) is 11.3 Å². The predicted molar refractivity (Wildman–Crippen MR) is 145 cm³/mol. The zero-order chi connectivity index (χ0) is 25.7. The number of rotatable bonds is 8. The van der Waals surface area contributed by atoms with Crippen LogP contribution in [0.4, 0.5) is 5.69 Å². The third-order valence-corrected chi connectivity index (χ3v) is 7.81. The number of Topliss-reactive ketones (excluding diaryl/α,β-unsaturated/α-hetero) is 1. The Morgan fingerprint density at radius 2 is 1.86 bits per heavy atom. The van der Waals surface area contributed by atoms with Crippen LogP contribution in [0.2, 0.25) is 0 Å². The minimum atomic E-state index is -0.606. The first-order valence-electron chi connectivity index (χ1n) is 11.3. The van der Waals surface area contributed by atoms with Crippen molar-refractivity contribution in [3.8, 4) is 11.8 Å². The first-order chi connectivity index (χ1) is 17.4. The van der Waals surface area contributed by atoms with Crippen molar-refractivity contribution in [3.05, 3.63) is 104 Å². The smallest absolute Gasteiger partial charge is 0.254 e. The number of nitrogens with zero attached hydrogens (tertiary/aromatic N) is 1. The number of thioether (sulfide) groups is 1. The van der Waals surface area contributed by atoms with E-state index in [9.17, 15) is 14.9 Å². The number of hydrogen-bond donors (Lipinski definition) is 2. The summed E-state index contributed by atoms with van der Waals surface area (Å²) in [7, 11) is 1.59. The molecule has 0 saturated carbocycles. The summed E-state index contributed by atoms with van der Waals surface area (Å²) >= 11 is 2.67. The van der Waals surface area contributed by atoms with Crippen molar-refractivity contribution in [1.29, 1.82) is 5.26 Å². The van der Waals surface area contributed by atoms with E-state index in [2.05, 4.69) is 16.7 Å². The molecular formula is C28H25N3O3S2. The molecule has 2 aromatic carbocycles. The summed E-state index contributed by atoms with van der Waals surface area (Å²) in [6, 6.07) is 20.8. The quantitative estimate of drug-likeness (QED) is 0.357. The van der Waals surface area contributed by atoms with Crippen LogP contribution in [0.15, 0.2) is 87.9 Å². The lowest BCUT2D eigenvalue weighted by Crippen LogP contribution is -2.31. The van der Waals surface area contributed by atoms with E-state index in [1.165, 1.54) is 23.1 Å². The largest absolute Gasteiger partial charge is 0.497 e. The summed E-state index contributed by atoms with van der Waals surface area (Å²) in [4.78, 5) is 26.9. The molecule has 0 radical (unpaired) electrons. The number of aryl methyl sites for hydroxylation is 1. The average Bonchev–Trinajstić information content (AvgIpc) is 3.43. The number of methoxy groups -OCH3 is 1. The molecule has 1 unspecified atom stereocenters. The van der Waals surface area contributed by atoms with Crippen molar-refractivity contribution in [2.24, 2.45) is 0 Å². The Balaban J connectivity index is 1.71. The van der Waals surface area contributed by atoms with Crippen LogP contribution in [0.25, 0.3) is 0 Å². The summed E-state index contributed by atoms with van der Waals surface area (Å²) in [6.45, 7) is 3.75. The molecule has 36 heavy (non-hydrogen) atoms. The molecule has 0 bridgehead atoms. The molecule has 1 atom stereocenters. The number of thiophene rings is 1. The number of carbonyl (C=O) groups is 2. The van der Waals surface area contributed by atoms with Gasteiger partial charge in [-0.3, -0.25) is 9.59 Å². The van der Waals surface area contributed by atoms with Gasteiger partial charge in [0.05, 0.1) is 40.3 Å². The minimum Gasteiger partial charge on any atom is -0.497 e. The van der Waals surface area contributed by atoms with Gasteiger partial charge < -0.3 is 15.4 Å². The normalized spacial score (nSPS) is 15.2. The predicted octanol–water partition coefficient (Wildman–Crippen LogP) is 6.02. The zero-order valence-electron chi connectivity index (χ0n) is 20.1. The van der Waals surface area contributed by atoms with Crippen molar-refractivity contribution in [3.63, 3.8) is 0 Å². The number of nitriles is 1. The second-order valence-corrected chi connectivity index (χ2v) is 10.1. The Labute approximate surface area is 218 Å². The zero-order valence-corrected chi connectivity index (χ0v) is 21.8. The van der Waals surface area contributed by atoms with E-state index in [4.69, 9.17) is 4.74 Å². The number of carbonyl (C=O) groups excluding carboxylic acids is 2. The van der Waals surface area contributed by atoms with Crippen molar-refractivity contribution >= 4 is 40.5 Å². The molecule has 4 rings (SSSR count). The first kappa shape index (κ1) is 25.3. The standard InChI is InChI=1S/C28H25N3O3S2/c1-17-7-4-5-8-22(17)31-27(33)25-18(2)30-28(36-16-23(32)24-9-6-14-35-24)21(15-29)26(25)19-10-12-20(34-3)13-11-19/h4-14,26,30H,16H2,1-3H3,(H,31,33). The van der Waals surface area contributed by atoms with E-state index in [1.807, 2.05) is 73.8 Å². The number of allylic oxidation sites excluding steroid dienone is 2. The van der Waals surface area contributed by atoms with Crippen LogP contribution in [0, 0.1) is 18.3 Å². The maximum Gasteiger partial charge on any atom is 0.254 e. The minimum absolute atomic E-state index is 0.00712. The maximum absolute atomic E-state index is 13.6. The molecule has 0 aliphatic carbocycles. The van der Waals surface area contributed by atoms with Crippen molar-refractivity contribution in [1.82, 2.24) is 5.32 Å². The number of para-hydroxylation sites is 1. The number of anilines is 1. The Morgan fingerprint density at radius 3 is 2.50 bits per heavy atom. The fraction of sp³-hybridized carbons (Fsp3) is 0.179. The SMILES string of the molecule is COc1ccc(C2C(C#N)=C(SCC(=O)c3cccs3)NC(C)=C2C(=O)Nc2ccccc2C)cc1. The molecule has 8 heteroatoms. The monoisotopic (exact) mass is 515 g/mol. The fourth-order valence-corrected chi connectivity index (χ4v) is 5.74. The Hall–Kier alpha value is -3.80. The van der Waals surface area contributed by atoms with Crippen molar-refractivity contribution in [2.45, 2.75) is 19.8 Å². The highest BCUT2D eigenvalue weighted by Crippen LogP contribution is 2.41. The molecule has 0 saturated heterocycles. The third kappa shape index (κ3) is 5.38. The highest BCUT2D eigenvalue weighted by molar-refractivity contribution is 8.03. The van der Waals surface area contributed by atoms with Gasteiger partial charge in [0.25, 0.3) is 5.91 Å². The highest BCUT2D eigenvalue weighted by atomic mass is 32.2. The van der Waals surface area contributed by atoms with Gasteiger partial charge in [0.2, 0.25) is 0 Å². The van der Waals surface area contributed by atoms with Crippen LogP contribution in [0.1, 0.15) is 33.6 Å². The lowest BCUT2D eigenvalue weighted by atomic mass is 9.82.